The largest absolute Gasteiger partial charge is 0.380 e. The quantitative estimate of drug-likeness (QED) is 0.136. The Morgan fingerprint density at radius 3 is 2.73 bits per heavy atom. The minimum absolute atomic E-state index is 0.00838. The number of likely N-dealkylation sites (tertiary alicyclic amines) is 1. The van der Waals surface area contributed by atoms with E-state index < -0.39 is 6.23 Å². The molecule has 188 valence electrons. The number of piperidine rings is 1. The van der Waals surface area contributed by atoms with Crippen molar-refractivity contribution in [3.05, 3.63) is 23.5 Å². The van der Waals surface area contributed by atoms with Gasteiger partial charge in [-0.1, -0.05) is 19.1 Å². The molecule has 0 aromatic carbocycles. The van der Waals surface area contributed by atoms with Crippen LogP contribution in [0.5, 0.6) is 0 Å². The van der Waals surface area contributed by atoms with E-state index in [1.54, 1.807) is 0 Å². The lowest BCUT2D eigenvalue weighted by Crippen LogP contribution is -2.68. The van der Waals surface area contributed by atoms with Crippen molar-refractivity contribution in [1.29, 1.82) is 0 Å². The van der Waals surface area contributed by atoms with Crippen molar-refractivity contribution in [1.82, 2.24) is 36.6 Å². The van der Waals surface area contributed by atoms with Gasteiger partial charge in [0.15, 0.2) is 0 Å². The Kier molecular flexibility index (Phi) is 8.64. The molecule has 6 unspecified atom stereocenters. The summed E-state index contributed by atoms with van der Waals surface area (Å²) in [5, 5.41) is 27.2. The normalized spacial score (nSPS) is 34.5. The van der Waals surface area contributed by atoms with Crippen molar-refractivity contribution in [2.24, 2.45) is 11.7 Å². The maximum Gasteiger partial charge on any atom is 0.136 e. The lowest BCUT2D eigenvalue weighted by atomic mass is 9.95. The highest BCUT2D eigenvalue weighted by atomic mass is 16.5. The van der Waals surface area contributed by atoms with E-state index in [0.717, 1.165) is 51.9 Å². The SMILES string of the molecule is CCOCCN1NC(CC)C2=C1C(NC1CC=CC(C)N1)NC(N1CCC(C(N)O)CC1)N2. The molecule has 33 heavy (non-hydrogen) atoms. The maximum absolute atomic E-state index is 9.80. The number of nitrogens with one attached hydrogen (secondary N) is 5. The summed E-state index contributed by atoms with van der Waals surface area (Å²) in [4.78, 5) is 2.43. The van der Waals surface area contributed by atoms with Crippen molar-refractivity contribution in [2.75, 3.05) is 32.8 Å². The molecule has 0 saturated carbocycles. The number of hydrogen-bond acceptors (Lipinski definition) is 10. The average Bonchev–Trinajstić information content (AvgIpc) is 3.17. The predicted molar refractivity (Wildman–Crippen MR) is 129 cm³/mol. The summed E-state index contributed by atoms with van der Waals surface area (Å²) < 4.78 is 5.66. The van der Waals surface area contributed by atoms with Crippen molar-refractivity contribution >= 4 is 0 Å². The molecule has 4 aliphatic rings. The zero-order valence-corrected chi connectivity index (χ0v) is 20.4. The third kappa shape index (κ3) is 5.88. The predicted octanol–water partition coefficient (Wildman–Crippen LogP) is -0.521. The maximum atomic E-state index is 9.80. The zero-order valence-electron chi connectivity index (χ0n) is 20.4. The van der Waals surface area contributed by atoms with E-state index in [1.165, 1.54) is 11.4 Å². The number of aliphatic hydroxyl groups excluding tert-OH is 1. The second-order valence-electron chi connectivity index (χ2n) is 9.59. The monoisotopic (exact) mass is 464 g/mol. The van der Waals surface area contributed by atoms with Gasteiger partial charge in [0.2, 0.25) is 0 Å². The number of rotatable bonds is 9. The Morgan fingerprint density at radius 2 is 2.06 bits per heavy atom. The highest BCUT2D eigenvalue weighted by molar-refractivity contribution is 5.29. The highest BCUT2D eigenvalue weighted by Crippen LogP contribution is 2.28. The molecular weight excluding hydrogens is 420 g/mol. The van der Waals surface area contributed by atoms with E-state index >= 15 is 0 Å². The number of hydrazine groups is 1. The Hall–Kier alpha value is -1.24. The van der Waals surface area contributed by atoms with Crippen molar-refractivity contribution in [2.45, 2.75) is 83.4 Å². The smallest absolute Gasteiger partial charge is 0.136 e. The molecule has 0 aromatic rings. The van der Waals surface area contributed by atoms with Crippen LogP contribution in [0.25, 0.3) is 0 Å². The molecule has 1 saturated heterocycles. The first-order valence-electron chi connectivity index (χ1n) is 12.7. The topological polar surface area (TPSA) is 122 Å². The van der Waals surface area contributed by atoms with Crippen LogP contribution in [0.3, 0.4) is 0 Å². The van der Waals surface area contributed by atoms with Crippen LogP contribution >= 0.6 is 0 Å². The van der Waals surface area contributed by atoms with Crippen LogP contribution in [-0.2, 0) is 4.74 Å². The molecule has 6 atom stereocenters. The van der Waals surface area contributed by atoms with Crippen molar-refractivity contribution in [3.63, 3.8) is 0 Å². The van der Waals surface area contributed by atoms with E-state index in [1.807, 2.05) is 6.92 Å². The van der Waals surface area contributed by atoms with E-state index in [9.17, 15) is 5.11 Å². The molecule has 4 aliphatic heterocycles. The van der Waals surface area contributed by atoms with Gasteiger partial charge < -0.3 is 25.9 Å². The third-order valence-corrected chi connectivity index (χ3v) is 7.24. The zero-order chi connectivity index (χ0) is 23.4. The summed E-state index contributed by atoms with van der Waals surface area (Å²) in [5.74, 6) is 0.179. The molecule has 0 radical (unpaired) electrons. The summed E-state index contributed by atoms with van der Waals surface area (Å²) in [5.41, 5.74) is 11.9. The standard InChI is InChI=1S/C23H44N8O2/c1-4-17-19-20(31(29-17)13-14-33-5-2)22(26-18-8-6-7-15(3)25-18)28-23(27-19)30-11-9-16(10-12-30)21(24)32/h6-7,15-18,21-23,25-29,32H,4-5,8-14,24H2,1-3H3. The van der Waals surface area contributed by atoms with Gasteiger partial charge in [0.1, 0.15) is 18.7 Å². The molecular formula is C23H44N8O2. The van der Waals surface area contributed by atoms with Crippen molar-refractivity contribution in [3.8, 4) is 0 Å². The van der Waals surface area contributed by atoms with Gasteiger partial charge in [-0.25, -0.2) is 5.43 Å². The van der Waals surface area contributed by atoms with E-state index in [4.69, 9.17) is 10.5 Å². The van der Waals surface area contributed by atoms with Crippen molar-refractivity contribution < 1.29 is 9.84 Å². The van der Waals surface area contributed by atoms with E-state index in [0.29, 0.717) is 12.6 Å². The van der Waals surface area contributed by atoms with Crippen LogP contribution < -0.4 is 32.4 Å². The molecule has 10 nitrogen and oxygen atoms in total. The van der Waals surface area contributed by atoms with Gasteiger partial charge >= 0.3 is 0 Å². The van der Waals surface area contributed by atoms with Gasteiger partial charge in [-0.3, -0.25) is 20.9 Å². The number of aliphatic hydroxyl groups is 1. The second kappa shape index (κ2) is 11.5. The number of nitrogens with two attached hydrogens (primary N) is 1. The highest BCUT2D eigenvalue weighted by Gasteiger charge is 2.42. The fraction of sp³-hybridized carbons (Fsp3) is 0.826. The molecule has 0 aromatic heterocycles. The molecule has 0 bridgehead atoms. The Bertz CT molecular complexity index is 694. The van der Waals surface area contributed by atoms with Gasteiger partial charge in [-0.15, -0.1) is 0 Å². The summed E-state index contributed by atoms with van der Waals surface area (Å²) in [6.07, 6.45) is 7.73. The minimum atomic E-state index is -0.724. The first-order chi connectivity index (χ1) is 16.0. The number of nitrogens with zero attached hydrogens (tertiary/aromatic N) is 2. The molecule has 4 heterocycles. The molecule has 8 N–H and O–H groups in total. The summed E-state index contributed by atoms with van der Waals surface area (Å²) in [6, 6.07) is 0.597. The van der Waals surface area contributed by atoms with Gasteiger partial charge in [-0.05, 0) is 39.5 Å². The van der Waals surface area contributed by atoms with E-state index in [-0.39, 0.29) is 30.6 Å². The summed E-state index contributed by atoms with van der Waals surface area (Å²) in [6.45, 7) is 10.4. The molecule has 0 aliphatic carbocycles. The van der Waals surface area contributed by atoms with Crippen LogP contribution in [0.4, 0.5) is 0 Å². The fourth-order valence-electron chi connectivity index (χ4n) is 5.36. The molecule has 10 heteroatoms. The first-order valence-corrected chi connectivity index (χ1v) is 12.7. The molecule has 4 rings (SSSR count). The Labute approximate surface area is 198 Å². The summed E-state index contributed by atoms with van der Waals surface area (Å²) >= 11 is 0. The van der Waals surface area contributed by atoms with Crippen LogP contribution in [0.1, 0.15) is 46.5 Å². The van der Waals surface area contributed by atoms with Gasteiger partial charge in [0.25, 0.3) is 0 Å². The lowest BCUT2D eigenvalue weighted by Gasteiger charge is -2.45. The number of hydrogen-bond donors (Lipinski definition) is 7. The fourth-order valence-corrected chi connectivity index (χ4v) is 5.36. The van der Waals surface area contributed by atoms with E-state index in [2.05, 4.69) is 62.6 Å². The van der Waals surface area contributed by atoms with Gasteiger partial charge in [0.05, 0.1) is 36.8 Å². The second-order valence-corrected chi connectivity index (χ2v) is 9.59. The lowest BCUT2D eigenvalue weighted by molar-refractivity contribution is 0.0275. The van der Waals surface area contributed by atoms with Crippen LogP contribution in [0.15, 0.2) is 23.5 Å². The Balaban J connectivity index is 1.52. The first kappa shape index (κ1) is 24.9. The number of ether oxygens (including phenoxy) is 1. The molecule has 0 amide bonds. The van der Waals surface area contributed by atoms with Gasteiger partial charge in [0, 0.05) is 31.7 Å². The summed E-state index contributed by atoms with van der Waals surface area (Å²) in [7, 11) is 0. The Morgan fingerprint density at radius 1 is 1.27 bits per heavy atom. The average molecular weight is 465 g/mol. The van der Waals surface area contributed by atoms with Gasteiger partial charge in [-0.2, -0.15) is 0 Å². The minimum Gasteiger partial charge on any atom is -0.380 e. The van der Waals surface area contributed by atoms with Crippen LogP contribution in [0.2, 0.25) is 0 Å². The van der Waals surface area contributed by atoms with Crippen LogP contribution in [-0.4, -0.2) is 84.8 Å². The third-order valence-electron chi connectivity index (χ3n) is 7.24. The molecule has 0 spiro atoms. The molecule has 1 fully saturated rings. The van der Waals surface area contributed by atoms with Crippen LogP contribution in [0, 0.1) is 5.92 Å².